The number of anilines is 1. The minimum atomic E-state index is -3.21. The zero-order valence-electron chi connectivity index (χ0n) is 10.2. The maximum absolute atomic E-state index is 11.6. The summed E-state index contributed by atoms with van der Waals surface area (Å²) < 4.78 is 23.2. The fraction of sp³-hybridized carbons (Fsp3) is 0.250. The van der Waals surface area contributed by atoms with Gasteiger partial charge < -0.3 is 5.32 Å². The molecule has 0 aliphatic heterocycles. The second-order valence-electron chi connectivity index (χ2n) is 3.97. The van der Waals surface area contributed by atoms with E-state index in [9.17, 15) is 8.42 Å². The fourth-order valence-electron chi connectivity index (χ4n) is 1.61. The van der Waals surface area contributed by atoms with Crippen LogP contribution in [0, 0.1) is 6.92 Å². The predicted octanol–water partition coefficient (Wildman–Crippen LogP) is 2.47. The molecule has 1 N–H and O–H groups in total. The maximum atomic E-state index is 11.6. The summed E-state index contributed by atoms with van der Waals surface area (Å²) in [6.07, 6.45) is 3.01. The highest BCUT2D eigenvalue weighted by Gasteiger charge is 2.12. The van der Waals surface area contributed by atoms with Crippen LogP contribution in [-0.2, 0) is 16.4 Å². The number of nitrogens with zero attached hydrogens (tertiary/aromatic N) is 1. The van der Waals surface area contributed by atoms with Crippen molar-refractivity contribution in [2.45, 2.75) is 18.4 Å². The molecular weight excluding hydrogens is 268 g/mol. The molecule has 0 unspecified atom stereocenters. The number of sulfone groups is 1. The molecule has 0 aliphatic rings. The number of aryl methyl sites for hydroxylation is 1. The van der Waals surface area contributed by atoms with Gasteiger partial charge in [-0.1, -0.05) is 12.1 Å². The summed E-state index contributed by atoms with van der Waals surface area (Å²) in [7, 11) is -3.21. The standard InChI is InChI=1S/C12H14N2O2S2/c1-9-13-7-10(17-9)8-14-11-5-3-4-6-12(11)18(2,15)16/h3-7,14H,8H2,1-2H3. The highest BCUT2D eigenvalue weighted by Crippen LogP contribution is 2.22. The Morgan fingerprint density at radius 1 is 1.33 bits per heavy atom. The lowest BCUT2D eigenvalue weighted by Crippen LogP contribution is -2.05. The van der Waals surface area contributed by atoms with Crippen LogP contribution in [0.25, 0.3) is 0 Å². The first kappa shape index (κ1) is 13.0. The second-order valence-corrected chi connectivity index (χ2v) is 7.27. The molecular formula is C12H14N2O2S2. The van der Waals surface area contributed by atoms with Gasteiger partial charge >= 0.3 is 0 Å². The molecule has 1 heterocycles. The van der Waals surface area contributed by atoms with E-state index >= 15 is 0 Å². The van der Waals surface area contributed by atoms with Crippen molar-refractivity contribution in [2.24, 2.45) is 0 Å². The fourth-order valence-corrected chi connectivity index (χ4v) is 3.21. The minimum Gasteiger partial charge on any atom is -0.379 e. The summed E-state index contributed by atoms with van der Waals surface area (Å²) in [6.45, 7) is 2.52. The lowest BCUT2D eigenvalue weighted by molar-refractivity contribution is 0.602. The van der Waals surface area contributed by atoms with Crippen molar-refractivity contribution in [3.05, 3.63) is 40.3 Å². The van der Waals surface area contributed by atoms with Crippen molar-refractivity contribution in [3.8, 4) is 0 Å². The van der Waals surface area contributed by atoms with E-state index in [0.717, 1.165) is 9.88 Å². The maximum Gasteiger partial charge on any atom is 0.177 e. The van der Waals surface area contributed by atoms with Crippen molar-refractivity contribution in [3.63, 3.8) is 0 Å². The average Bonchev–Trinajstić information content (AvgIpc) is 2.72. The Morgan fingerprint density at radius 3 is 2.67 bits per heavy atom. The van der Waals surface area contributed by atoms with Gasteiger partial charge in [-0.25, -0.2) is 13.4 Å². The molecule has 2 aromatic rings. The number of benzene rings is 1. The average molecular weight is 282 g/mol. The van der Waals surface area contributed by atoms with E-state index in [1.165, 1.54) is 6.26 Å². The molecule has 0 saturated carbocycles. The van der Waals surface area contributed by atoms with E-state index in [-0.39, 0.29) is 0 Å². The SMILES string of the molecule is Cc1ncc(CNc2ccccc2S(C)(=O)=O)s1. The lowest BCUT2D eigenvalue weighted by Gasteiger charge is -2.09. The number of aromatic nitrogens is 1. The molecule has 0 fully saturated rings. The van der Waals surface area contributed by atoms with E-state index < -0.39 is 9.84 Å². The third-order valence-corrected chi connectivity index (χ3v) is 4.48. The molecule has 0 atom stereocenters. The first-order valence-electron chi connectivity index (χ1n) is 5.41. The van der Waals surface area contributed by atoms with Gasteiger partial charge in [-0.15, -0.1) is 11.3 Å². The van der Waals surface area contributed by atoms with E-state index in [4.69, 9.17) is 0 Å². The van der Waals surface area contributed by atoms with Crippen molar-refractivity contribution >= 4 is 26.9 Å². The van der Waals surface area contributed by atoms with Gasteiger partial charge in [0.2, 0.25) is 0 Å². The van der Waals surface area contributed by atoms with Gasteiger partial charge in [0.1, 0.15) is 0 Å². The summed E-state index contributed by atoms with van der Waals surface area (Å²) in [4.78, 5) is 5.57. The molecule has 18 heavy (non-hydrogen) atoms. The lowest BCUT2D eigenvalue weighted by atomic mass is 10.3. The molecule has 1 aromatic heterocycles. The van der Waals surface area contributed by atoms with Gasteiger partial charge in [-0.05, 0) is 19.1 Å². The van der Waals surface area contributed by atoms with Crippen LogP contribution in [0.3, 0.4) is 0 Å². The molecule has 6 heteroatoms. The molecule has 1 aromatic carbocycles. The third kappa shape index (κ3) is 3.08. The molecule has 2 rings (SSSR count). The number of para-hydroxylation sites is 1. The molecule has 0 aliphatic carbocycles. The van der Waals surface area contributed by atoms with Crippen LogP contribution in [-0.4, -0.2) is 19.7 Å². The minimum absolute atomic E-state index is 0.325. The quantitative estimate of drug-likeness (QED) is 0.936. The predicted molar refractivity (Wildman–Crippen MR) is 73.7 cm³/mol. The van der Waals surface area contributed by atoms with Crippen molar-refractivity contribution < 1.29 is 8.42 Å². The topological polar surface area (TPSA) is 59.1 Å². The van der Waals surface area contributed by atoms with Crippen LogP contribution in [0.4, 0.5) is 5.69 Å². The molecule has 96 valence electrons. The molecule has 4 nitrogen and oxygen atoms in total. The summed E-state index contributed by atoms with van der Waals surface area (Å²) >= 11 is 1.60. The third-order valence-electron chi connectivity index (χ3n) is 2.41. The highest BCUT2D eigenvalue weighted by molar-refractivity contribution is 7.90. The van der Waals surface area contributed by atoms with Gasteiger partial charge in [0.25, 0.3) is 0 Å². The number of nitrogens with one attached hydrogen (secondary N) is 1. The van der Waals surface area contributed by atoms with Gasteiger partial charge in [-0.3, -0.25) is 0 Å². The van der Waals surface area contributed by atoms with Crippen molar-refractivity contribution in [1.29, 1.82) is 0 Å². The summed E-state index contributed by atoms with van der Waals surface area (Å²) in [6, 6.07) is 6.91. The molecule has 0 amide bonds. The monoisotopic (exact) mass is 282 g/mol. The van der Waals surface area contributed by atoms with Crippen LogP contribution < -0.4 is 5.32 Å². The molecule has 0 spiro atoms. The number of hydrogen-bond acceptors (Lipinski definition) is 5. The Balaban J connectivity index is 2.20. The largest absolute Gasteiger partial charge is 0.379 e. The van der Waals surface area contributed by atoms with Gasteiger partial charge in [0, 0.05) is 17.3 Å². The second kappa shape index (κ2) is 5.07. The Kier molecular flexibility index (Phi) is 3.68. The van der Waals surface area contributed by atoms with Gasteiger partial charge in [0.15, 0.2) is 9.84 Å². The Bertz CT molecular complexity index is 648. The number of thiazole rings is 1. The molecule has 0 saturated heterocycles. The smallest absolute Gasteiger partial charge is 0.177 e. The first-order chi connectivity index (χ1) is 8.47. The molecule has 0 bridgehead atoms. The van der Waals surface area contributed by atoms with E-state index in [1.807, 2.05) is 13.0 Å². The van der Waals surface area contributed by atoms with Gasteiger partial charge in [-0.2, -0.15) is 0 Å². The normalized spacial score (nSPS) is 11.4. The summed E-state index contributed by atoms with van der Waals surface area (Å²) in [5.74, 6) is 0. The summed E-state index contributed by atoms with van der Waals surface area (Å²) in [5, 5.41) is 4.14. The van der Waals surface area contributed by atoms with Gasteiger partial charge in [0.05, 0.1) is 22.1 Å². The summed E-state index contributed by atoms with van der Waals surface area (Å²) in [5.41, 5.74) is 0.631. The first-order valence-corrected chi connectivity index (χ1v) is 8.12. The van der Waals surface area contributed by atoms with E-state index in [2.05, 4.69) is 10.3 Å². The van der Waals surface area contributed by atoms with Crippen molar-refractivity contribution in [2.75, 3.05) is 11.6 Å². The van der Waals surface area contributed by atoms with Crippen LogP contribution >= 0.6 is 11.3 Å². The number of hydrogen-bond donors (Lipinski definition) is 1. The van der Waals surface area contributed by atoms with Crippen LogP contribution in [0.5, 0.6) is 0 Å². The Labute approximate surface area is 111 Å². The zero-order valence-corrected chi connectivity index (χ0v) is 11.8. The zero-order chi connectivity index (χ0) is 13.2. The van der Waals surface area contributed by atoms with E-state index in [1.54, 1.807) is 35.7 Å². The highest BCUT2D eigenvalue weighted by atomic mass is 32.2. The Hall–Kier alpha value is -1.40. The van der Waals surface area contributed by atoms with E-state index in [0.29, 0.717) is 17.1 Å². The Morgan fingerprint density at radius 2 is 2.06 bits per heavy atom. The number of rotatable bonds is 4. The van der Waals surface area contributed by atoms with Crippen molar-refractivity contribution in [1.82, 2.24) is 4.98 Å². The molecule has 0 radical (unpaired) electrons. The van der Waals surface area contributed by atoms with Crippen LogP contribution in [0.1, 0.15) is 9.88 Å². The van der Waals surface area contributed by atoms with Crippen LogP contribution in [0.2, 0.25) is 0 Å². The van der Waals surface area contributed by atoms with Crippen LogP contribution in [0.15, 0.2) is 35.4 Å².